The smallest absolute Gasteiger partial charge is 0.239 e. The predicted octanol–water partition coefficient (Wildman–Crippen LogP) is 1.80. The van der Waals surface area contributed by atoms with E-state index in [9.17, 15) is 9.18 Å². The zero-order valence-electron chi connectivity index (χ0n) is 12.5. The van der Waals surface area contributed by atoms with Gasteiger partial charge in [-0.1, -0.05) is 12.1 Å². The summed E-state index contributed by atoms with van der Waals surface area (Å²) in [6.07, 6.45) is 0. The fourth-order valence-corrected chi connectivity index (χ4v) is 2.59. The van der Waals surface area contributed by atoms with Crippen molar-refractivity contribution in [2.24, 2.45) is 5.73 Å². The molecule has 0 radical (unpaired) electrons. The van der Waals surface area contributed by atoms with E-state index in [0.717, 1.165) is 18.7 Å². The van der Waals surface area contributed by atoms with Crippen molar-refractivity contribution in [2.75, 3.05) is 26.2 Å². The van der Waals surface area contributed by atoms with Gasteiger partial charge in [0.15, 0.2) is 0 Å². The largest absolute Gasteiger partial charge is 0.339 e. The molecule has 0 saturated carbocycles. The summed E-state index contributed by atoms with van der Waals surface area (Å²) in [5, 5.41) is 0. The van der Waals surface area contributed by atoms with E-state index in [1.807, 2.05) is 6.07 Å². The van der Waals surface area contributed by atoms with Crippen molar-refractivity contribution in [1.82, 2.24) is 9.80 Å². The van der Waals surface area contributed by atoms with Crippen LogP contribution in [0.4, 0.5) is 4.39 Å². The fraction of sp³-hybridized carbons (Fsp3) is 0.533. The Morgan fingerprint density at radius 3 is 2.38 bits per heavy atom. The van der Waals surface area contributed by atoms with Crippen molar-refractivity contribution in [1.29, 1.82) is 0 Å². The van der Waals surface area contributed by atoms with Gasteiger partial charge in [-0.15, -0.1) is 12.4 Å². The Morgan fingerprint density at radius 2 is 1.86 bits per heavy atom. The number of amides is 1. The molecule has 0 aliphatic carbocycles. The second-order valence-corrected chi connectivity index (χ2v) is 5.38. The molecule has 0 spiro atoms. The van der Waals surface area contributed by atoms with E-state index in [0.29, 0.717) is 13.1 Å². The molecule has 1 saturated heterocycles. The molecular formula is C15H23ClFN3O. The molecule has 1 fully saturated rings. The first-order valence-corrected chi connectivity index (χ1v) is 7.03. The number of nitrogens with zero attached hydrogens (tertiary/aromatic N) is 2. The molecule has 1 amide bonds. The molecule has 1 aliphatic heterocycles. The van der Waals surface area contributed by atoms with E-state index >= 15 is 0 Å². The molecule has 1 aliphatic rings. The van der Waals surface area contributed by atoms with Gasteiger partial charge in [-0.2, -0.15) is 0 Å². The zero-order valence-corrected chi connectivity index (χ0v) is 13.3. The summed E-state index contributed by atoms with van der Waals surface area (Å²) in [5.74, 6) is -0.205. The van der Waals surface area contributed by atoms with Crippen LogP contribution in [0.1, 0.15) is 25.5 Å². The van der Waals surface area contributed by atoms with Crippen LogP contribution >= 0.6 is 12.4 Å². The molecule has 0 aromatic heterocycles. The summed E-state index contributed by atoms with van der Waals surface area (Å²) in [4.78, 5) is 15.9. The van der Waals surface area contributed by atoms with E-state index in [1.54, 1.807) is 24.0 Å². The molecule has 0 bridgehead atoms. The van der Waals surface area contributed by atoms with Crippen LogP contribution in [-0.2, 0) is 4.79 Å². The average molecular weight is 316 g/mol. The lowest BCUT2D eigenvalue weighted by Gasteiger charge is -2.38. The highest BCUT2D eigenvalue weighted by atomic mass is 35.5. The van der Waals surface area contributed by atoms with Gasteiger partial charge >= 0.3 is 0 Å². The lowest BCUT2D eigenvalue weighted by molar-refractivity contribution is -0.134. The van der Waals surface area contributed by atoms with Crippen LogP contribution in [0.15, 0.2) is 24.3 Å². The number of hydrogen-bond donors (Lipinski definition) is 1. The number of nitrogens with two attached hydrogens (primary N) is 1. The van der Waals surface area contributed by atoms with Gasteiger partial charge in [-0.05, 0) is 31.5 Å². The van der Waals surface area contributed by atoms with Crippen LogP contribution < -0.4 is 5.73 Å². The standard InChI is InChI=1S/C15H22FN3O.ClH/c1-11(17)15(20)19-8-6-18(7-9-19)12(2)13-4-3-5-14(16)10-13;/h3-5,10-12H,6-9,17H2,1-2H3;1H/t11-,12?;/m1./s1. The minimum atomic E-state index is -0.442. The summed E-state index contributed by atoms with van der Waals surface area (Å²) < 4.78 is 13.3. The Hall–Kier alpha value is -1.17. The number of benzene rings is 1. The van der Waals surface area contributed by atoms with Gasteiger partial charge in [-0.3, -0.25) is 9.69 Å². The van der Waals surface area contributed by atoms with Crippen molar-refractivity contribution in [3.63, 3.8) is 0 Å². The maximum Gasteiger partial charge on any atom is 0.239 e. The summed E-state index contributed by atoms with van der Waals surface area (Å²) in [5.41, 5.74) is 6.59. The molecule has 118 valence electrons. The highest BCUT2D eigenvalue weighted by molar-refractivity contribution is 5.85. The maximum atomic E-state index is 13.3. The second-order valence-electron chi connectivity index (χ2n) is 5.38. The van der Waals surface area contributed by atoms with E-state index in [-0.39, 0.29) is 30.2 Å². The quantitative estimate of drug-likeness (QED) is 0.925. The average Bonchev–Trinajstić information content (AvgIpc) is 2.46. The van der Waals surface area contributed by atoms with Gasteiger partial charge in [-0.25, -0.2) is 4.39 Å². The van der Waals surface area contributed by atoms with Crippen LogP contribution in [0.2, 0.25) is 0 Å². The Labute approximate surface area is 131 Å². The highest BCUT2D eigenvalue weighted by Gasteiger charge is 2.26. The first-order chi connectivity index (χ1) is 9.49. The number of rotatable bonds is 3. The van der Waals surface area contributed by atoms with Crippen molar-refractivity contribution >= 4 is 18.3 Å². The normalized spacial score (nSPS) is 18.8. The van der Waals surface area contributed by atoms with E-state index in [2.05, 4.69) is 11.8 Å². The Balaban J connectivity index is 0.00000220. The second kappa shape index (κ2) is 7.73. The lowest BCUT2D eigenvalue weighted by Crippen LogP contribution is -2.52. The minimum Gasteiger partial charge on any atom is -0.339 e. The number of hydrogen-bond acceptors (Lipinski definition) is 3. The van der Waals surface area contributed by atoms with Gasteiger partial charge < -0.3 is 10.6 Å². The van der Waals surface area contributed by atoms with Crippen LogP contribution in [0.3, 0.4) is 0 Å². The predicted molar refractivity (Wildman–Crippen MR) is 83.9 cm³/mol. The molecular weight excluding hydrogens is 293 g/mol. The summed E-state index contributed by atoms with van der Waals surface area (Å²) in [7, 11) is 0. The SMILES string of the molecule is CC(c1cccc(F)c1)N1CCN(C(=O)[C@@H](C)N)CC1.Cl. The van der Waals surface area contributed by atoms with E-state index < -0.39 is 6.04 Å². The van der Waals surface area contributed by atoms with Crippen molar-refractivity contribution < 1.29 is 9.18 Å². The van der Waals surface area contributed by atoms with Gasteiger partial charge in [0.1, 0.15) is 5.82 Å². The number of halogens is 2. The Kier molecular flexibility index (Phi) is 6.58. The summed E-state index contributed by atoms with van der Waals surface area (Å²) in [6, 6.07) is 6.41. The first-order valence-electron chi connectivity index (χ1n) is 7.03. The van der Waals surface area contributed by atoms with Gasteiger partial charge in [0.25, 0.3) is 0 Å². The Morgan fingerprint density at radius 1 is 1.24 bits per heavy atom. The van der Waals surface area contributed by atoms with Gasteiger partial charge in [0, 0.05) is 32.2 Å². The molecule has 1 aromatic carbocycles. The Bertz CT molecular complexity index is 476. The van der Waals surface area contributed by atoms with Crippen LogP contribution in [-0.4, -0.2) is 47.9 Å². The van der Waals surface area contributed by atoms with E-state index in [4.69, 9.17) is 5.73 Å². The first kappa shape index (κ1) is 17.9. The van der Waals surface area contributed by atoms with Crippen molar-refractivity contribution in [3.8, 4) is 0 Å². The third kappa shape index (κ3) is 4.40. The number of carbonyl (C=O) groups excluding carboxylic acids is 1. The molecule has 21 heavy (non-hydrogen) atoms. The third-order valence-corrected chi connectivity index (χ3v) is 3.89. The monoisotopic (exact) mass is 315 g/mol. The molecule has 2 atom stereocenters. The molecule has 6 heteroatoms. The van der Waals surface area contributed by atoms with Gasteiger partial charge in [0.2, 0.25) is 5.91 Å². The van der Waals surface area contributed by atoms with Crippen LogP contribution in [0.25, 0.3) is 0 Å². The van der Waals surface area contributed by atoms with Crippen LogP contribution in [0, 0.1) is 5.82 Å². The minimum absolute atomic E-state index is 0. The van der Waals surface area contributed by atoms with E-state index in [1.165, 1.54) is 6.07 Å². The van der Waals surface area contributed by atoms with Crippen molar-refractivity contribution in [3.05, 3.63) is 35.6 Å². The zero-order chi connectivity index (χ0) is 14.7. The topological polar surface area (TPSA) is 49.6 Å². The lowest BCUT2D eigenvalue weighted by atomic mass is 10.1. The highest BCUT2D eigenvalue weighted by Crippen LogP contribution is 2.22. The molecule has 1 heterocycles. The van der Waals surface area contributed by atoms with Crippen LogP contribution in [0.5, 0.6) is 0 Å². The number of carbonyl (C=O) groups is 1. The fourth-order valence-electron chi connectivity index (χ4n) is 2.59. The maximum absolute atomic E-state index is 13.3. The van der Waals surface area contributed by atoms with Gasteiger partial charge in [0.05, 0.1) is 6.04 Å². The molecule has 1 unspecified atom stereocenters. The molecule has 2 N–H and O–H groups in total. The molecule has 1 aromatic rings. The summed E-state index contributed by atoms with van der Waals surface area (Å²) >= 11 is 0. The van der Waals surface area contributed by atoms with Crippen molar-refractivity contribution in [2.45, 2.75) is 25.9 Å². The summed E-state index contributed by atoms with van der Waals surface area (Å²) in [6.45, 7) is 6.72. The molecule has 2 rings (SSSR count). The third-order valence-electron chi connectivity index (χ3n) is 3.89. The number of piperazine rings is 1. The molecule has 4 nitrogen and oxygen atoms in total.